The number of methoxy groups -OCH3 is 1. The molecule has 2 aromatic carbocycles. The van der Waals surface area contributed by atoms with Gasteiger partial charge in [-0.1, -0.05) is 30.3 Å². The highest BCUT2D eigenvalue weighted by molar-refractivity contribution is 5.66. The Bertz CT molecular complexity index is 756. The summed E-state index contributed by atoms with van der Waals surface area (Å²) in [5, 5.41) is 6.69. The van der Waals surface area contributed by atoms with Crippen molar-refractivity contribution in [2.75, 3.05) is 7.11 Å². The summed E-state index contributed by atoms with van der Waals surface area (Å²) < 4.78 is 24.9. The lowest BCUT2D eigenvalue weighted by Gasteiger charge is -2.09. The molecule has 0 saturated carbocycles. The number of aromatic amines is 1. The minimum Gasteiger partial charge on any atom is -0.493 e. The topological polar surface area (TPSA) is 47.1 Å². The molecule has 112 valence electrons. The number of H-pyrrole nitrogens is 1. The molecular weight excluding hydrogens is 283 g/mol. The highest BCUT2D eigenvalue weighted by Gasteiger charge is 2.11. The number of aromatic nitrogens is 2. The van der Waals surface area contributed by atoms with E-state index in [2.05, 4.69) is 10.2 Å². The van der Waals surface area contributed by atoms with E-state index < -0.39 is 5.82 Å². The summed E-state index contributed by atoms with van der Waals surface area (Å²) in [7, 11) is 1.54. The Labute approximate surface area is 127 Å². The standard InChI is InChI=1S/C17H15FN2O2/c1-21-16-10-19-20-17(16)13-7-8-15(14(18)9-13)22-11-12-5-3-2-4-6-12/h2-10H,11H2,1H3,(H,19,20). The lowest BCUT2D eigenvalue weighted by molar-refractivity contribution is 0.290. The fourth-order valence-corrected chi connectivity index (χ4v) is 2.15. The van der Waals surface area contributed by atoms with E-state index in [-0.39, 0.29) is 5.75 Å². The first-order valence-corrected chi connectivity index (χ1v) is 6.82. The molecule has 1 aromatic heterocycles. The van der Waals surface area contributed by atoms with Crippen molar-refractivity contribution in [3.05, 3.63) is 66.1 Å². The van der Waals surface area contributed by atoms with Gasteiger partial charge in [0.15, 0.2) is 17.3 Å². The molecule has 0 spiro atoms. The van der Waals surface area contributed by atoms with Crippen LogP contribution in [0.4, 0.5) is 4.39 Å². The van der Waals surface area contributed by atoms with Crippen LogP contribution in [0.15, 0.2) is 54.7 Å². The summed E-state index contributed by atoms with van der Waals surface area (Å²) in [5.74, 6) is 0.355. The second kappa shape index (κ2) is 6.30. The minimum atomic E-state index is -0.426. The van der Waals surface area contributed by atoms with Crippen molar-refractivity contribution in [1.29, 1.82) is 0 Å². The van der Waals surface area contributed by atoms with Crippen LogP contribution in [0.5, 0.6) is 11.5 Å². The second-order valence-corrected chi connectivity index (χ2v) is 4.73. The number of nitrogens with one attached hydrogen (secondary N) is 1. The number of nitrogens with zero attached hydrogens (tertiary/aromatic N) is 1. The SMILES string of the molecule is COc1cn[nH]c1-c1ccc(OCc2ccccc2)c(F)c1. The van der Waals surface area contributed by atoms with Crippen molar-refractivity contribution in [2.24, 2.45) is 0 Å². The van der Waals surface area contributed by atoms with E-state index in [1.54, 1.807) is 25.4 Å². The molecule has 0 bridgehead atoms. The molecule has 0 fully saturated rings. The van der Waals surface area contributed by atoms with Crippen LogP contribution >= 0.6 is 0 Å². The molecule has 5 heteroatoms. The van der Waals surface area contributed by atoms with Gasteiger partial charge in [0.2, 0.25) is 0 Å². The van der Waals surface area contributed by atoms with Crippen molar-refractivity contribution in [1.82, 2.24) is 10.2 Å². The van der Waals surface area contributed by atoms with Crippen molar-refractivity contribution in [3.8, 4) is 22.8 Å². The summed E-state index contributed by atoms with van der Waals surface area (Å²) in [4.78, 5) is 0. The molecule has 0 aliphatic carbocycles. The molecule has 0 atom stereocenters. The molecule has 22 heavy (non-hydrogen) atoms. The van der Waals surface area contributed by atoms with Crippen LogP contribution in [0.1, 0.15) is 5.56 Å². The lowest BCUT2D eigenvalue weighted by Crippen LogP contribution is -1.97. The molecule has 0 aliphatic heterocycles. The molecule has 1 N–H and O–H groups in total. The summed E-state index contributed by atoms with van der Waals surface area (Å²) in [5.41, 5.74) is 2.27. The molecule has 0 radical (unpaired) electrons. The highest BCUT2D eigenvalue weighted by atomic mass is 19.1. The average molecular weight is 298 g/mol. The molecule has 1 heterocycles. The third kappa shape index (κ3) is 2.93. The number of halogens is 1. The van der Waals surface area contributed by atoms with E-state index in [0.717, 1.165) is 5.56 Å². The van der Waals surface area contributed by atoms with E-state index >= 15 is 0 Å². The van der Waals surface area contributed by atoms with Crippen LogP contribution < -0.4 is 9.47 Å². The number of benzene rings is 2. The zero-order valence-electron chi connectivity index (χ0n) is 12.0. The van der Waals surface area contributed by atoms with Crippen LogP contribution in [0.3, 0.4) is 0 Å². The van der Waals surface area contributed by atoms with Crippen molar-refractivity contribution in [3.63, 3.8) is 0 Å². The molecule has 0 amide bonds. The Kier molecular flexibility index (Phi) is 4.05. The first-order valence-electron chi connectivity index (χ1n) is 6.82. The van der Waals surface area contributed by atoms with Gasteiger partial charge in [-0.25, -0.2) is 4.39 Å². The maximum atomic E-state index is 14.2. The predicted molar refractivity (Wildman–Crippen MR) is 81.3 cm³/mol. The summed E-state index contributed by atoms with van der Waals surface area (Å²) in [6.45, 7) is 0.324. The van der Waals surface area contributed by atoms with Gasteiger partial charge in [-0.3, -0.25) is 5.10 Å². The Morgan fingerprint density at radius 1 is 1.09 bits per heavy atom. The monoisotopic (exact) mass is 298 g/mol. The van der Waals surface area contributed by atoms with Gasteiger partial charge in [0, 0.05) is 5.56 Å². The second-order valence-electron chi connectivity index (χ2n) is 4.73. The van der Waals surface area contributed by atoms with Crippen LogP contribution in [0.2, 0.25) is 0 Å². The van der Waals surface area contributed by atoms with Gasteiger partial charge in [0.1, 0.15) is 12.3 Å². The lowest BCUT2D eigenvalue weighted by atomic mass is 10.1. The molecule has 0 unspecified atom stereocenters. The summed E-state index contributed by atoms with van der Waals surface area (Å²) in [6.07, 6.45) is 1.55. The fraction of sp³-hybridized carbons (Fsp3) is 0.118. The molecule has 0 aliphatic rings. The van der Waals surface area contributed by atoms with Gasteiger partial charge in [-0.2, -0.15) is 5.10 Å². The van der Waals surface area contributed by atoms with E-state index in [1.165, 1.54) is 6.07 Å². The average Bonchev–Trinajstić information content (AvgIpc) is 3.03. The van der Waals surface area contributed by atoms with Crippen LogP contribution in [0.25, 0.3) is 11.3 Å². The van der Waals surface area contributed by atoms with Crippen molar-refractivity contribution < 1.29 is 13.9 Å². The minimum absolute atomic E-state index is 0.214. The van der Waals surface area contributed by atoms with Gasteiger partial charge < -0.3 is 9.47 Å². The third-order valence-corrected chi connectivity index (χ3v) is 3.28. The van der Waals surface area contributed by atoms with Crippen molar-refractivity contribution >= 4 is 0 Å². The van der Waals surface area contributed by atoms with Gasteiger partial charge >= 0.3 is 0 Å². The fourth-order valence-electron chi connectivity index (χ4n) is 2.15. The van der Waals surface area contributed by atoms with Gasteiger partial charge in [0.25, 0.3) is 0 Å². The van der Waals surface area contributed by atoms with E-state index in [4.69, 9.17) is 9.47 Å². The maximum Gasteiger partial charge on any atom is 0.165 e. The molecule has 0 saturated heterocycles. The molecule has 3 rings (SSSR count). The Morgan fingerprint density at radius 3 is 2.64 bits per heavy atom. The maximum absolute atomic E-state index is 14.2. The Hall–Kier alpha value is -2.82. The largest absolute Gasteiger partial charge is 0.493 e. The predicted octanol–water partition coefficient (Wildman–Crippen LogP) is 3.80. The Balaban J connectivity index is 1.78. The number of ether oxygens (including phenoxy) is 2. The van der Waals surface area contributed by atoms with E-state index in [9.17, 15) is 4.39 Å². The molecular formula is C17H15FN2O2. The van der Waals surface area contributed by atoms with Crippen LogP contribution in [-0.4, -0.2) is 17.3 Å². The van der Waals surface area contributed by atoms with Crippen LogP contribution in [-0.2, 0) is 6.61 Å². The third-order valence-electron chi connectivity index (χ3n) is 3.28. The van der Waals surface area contributed by atoms with Crippen LogP contribution in [0, 0.1) is 5.82 Å². The van der Waals surface area contributed by atoms with Gasteiger partial charge in [0.05, 0.1) is 13.3 Å². The first kappa shape index (κ1) is 14.1. The normalized spacial score (nSPS) is 10.5. The zero-order valence-corrected chi connectivity index (χ0v) is 12.0. The van der Waals surface area contributed by atoms with Crippen molar-refractivity contribution in [2.45, 2.75) is 6.61 Å². The Morgan fingerprint density at radius 2 is 1.91 bits per heavy atom. The van der Waals surface area contributed by atoms with E-state index in [0.29, 0.717) is 23.6 Å². The summed E-state index contributed by atoms with van der Waals surface area (Å²) in [6, 6.07) is 14.4. The smallest absolute Gasteiger partial charge is 0.165 e. The highest BCUT2D eigenvalue weighted by Crippen LogP contribution is 2.30. The molecule has 3 aromatic rings. The first-order chi connectivity index (χ1) is 10.8. The molecule has 4 nitrogen and oxygen atoms in total. The quantitative estimate of drug-likeness (QED) is 0.779. The number of hydrogen-bond acceptors (Lipinski definition) is 3. The number of hydrogen-bond donors (Lipinski definition) is 1. The summed E-state index contributed by atoms with van der Waals surface area (Å²) >= 11 is 0. The zero-order chi connectivity index (χ0) is 15.4. The van der Waals surface area contributed by atoms with E-state index in [1.807, 2.05) is 30.3 Å². The number of rotatable bonds is 5. The van der Waals surface area contributed by atoms with Gasteiger partial charge in [-0.05, 0) is 23.8 Å². The van der Waals surface area contributed by atoms with Gasteiger partial charge in [-0.15, -0.1) is 0 Å².